The lowest BCUT2D eigenvalue weighted by Crippen LogP contribution is -2.36. The quantitative estimate of drug-likeness (QED) is 0.378. The lowest BCUT2D eigenvalue weighted by atomic mass is 10.2. The van der Waals surface area contributed by atoms with E-state index in [1.165, 1.54) is 10.9 Å². The molecule has 108 valence electrons. The molecule has 1 rings (SSSR count). The van der Waals surface area contributed by atoms with Crippen LogP contribution >= 0.6 is 0 Å². The summed E-state index contributed by atoms with van der Waals surface area (Å²) in [5.41, 5.74) is 10.7. The number of carbonyl (C=O) groups is 1. The Balaban J connectivity index is 2.83. The molecule has 1 unspecified atom stereocenters. The molecule has 7 N–H and O–H groups in total. The van der Waals surface area contributed by atoms with Crippen LogP contribution in [0.4, 0.5) is 5.82 Å². The van der Waals surface area contributed by atoms with Crippen LogP contribution in [0.15, 0.2) is 6.33 Å². The van der Waals surface area contributed by atoms with Gasteiger partial charge in [0.05, 0.1) is 19.5 Å². The predicted molar refractivity (Wildman–Crippen MR) is 64.9 cm³/mol. The van der Waals surface area contributed by atoms with Crippen LogP contribution in [0.5, 0.6) is 0 Å². The second-order valence-corrected chi connectivity index (χ2v) is 3.96. The van der Waals surface area contributed by atoms with Crippen LogP contribution in [0.3, 0.4) is 0 Å². The number of nitrogens with two attached hydrogens (primary N) is 2. The van der Waals surface area contributed by atoms with Crippen molar-refractivity contribution in [1.82, 2.24) is 9.55 Å². The number of ether oxygens (including phenoxy) is 1. The van der Waals surface area contributed by atoms with Gasteiger partial charge in [-0.1, -0.05) is 0 Å². The maximum atomic E-state index is 11.0. The molecule has 9 nitrogen and oxygen atoms in total. The highest BCUT2D eigenvalue weighted by Crippen LogP contribution is 2.19. The number of hydrogen-bond donors (Lipinski definition) is 5. The molecule has 0 fully saturated rings. The summed E-state index contributed by atoms with van der Waals surface area (Å²) < 4.78 is 6.67. The number of rotatable bonds is 7. The summed E-state index contributed by atoms with van der Waals surface area (Å²) >= 11 is 0. The molecule has 0 bridgehead atoms. The largest absolute Gasteiger partial charge is 0.394 e. The Labute approximate surface area is 109 Å². The van der Waals surface area contributed by atoms with E-state index in [0.29, 0.717) is 0 Å². The molecule has 0 saturated carbocycles. The first-order chi connectivity index (χ1) is 8.92. The van der Waals surface area contributed by atoms with Crippen LogP contribution in [-0.2, 0) is 4.74 Å². The van der Waals surface area contributed by atoms with E-state index in [-0.39, 0.29) is 11.5 Å². The van der Waals surface area contributed by atoms with Crippen LogP contribution in [0, 0.1) is 0 Å². The number of imidazole rings is 1. The minimum atomic E-state index is -1.23. The number of primary amides is 1. The molecule has 9 heteroatoms. The van der Waals surface area contributed by atoms with Crippen molar-refractivity contribution >= 4 is 11.7 Å². The smallest absolute Gasteiger partial charge is 0.271 e. The number of nitrogen functional groups attached to an aromatic ring is 1. The molecule has 0 spiro atoms. The third-order valence-corrected chi connectivity index (χ3v) is 2.63. The number of aliphatic hydroxyl groups excluding tert-OH is 3. The molecular weight excluding hydrogens is 256 g/mol. The molecule has 1 aromatic rings. The molecule has 1 aromatic heterocycles. The van der Waals surface area contributed by atoms with Gasteiger partial charge >= 0.3 is 0 Å². The van der Waals surface area contributed by atoms with Crippen molar-refractivity contribution < 1.29 is 24.9 Å². The van der Waals surface area contributed by atoms with Gasteiger partial charge in [-0.05, 0) is 6.92 Å². The molecular formula is C10H18N4O5. The van der Waals surface area contributed by atoms with Gasteiger partial charge in [0.15, 0.2) is 5.69 Å². The zero-order chi connectivity index (χ0) is 14.6. The average Bonchev–Trinajstić information content (AvgIpc) is 2.76. The molecule has 0 aliphatic heterocycles. The van der Waals surface area contributed by atoms with E-state index in [0.717, 1.165) is 0 Å². The molecule has 0 radical (unpaired) electrons. The summed E-state index contributed by atoms with van der Waals surface area (Å²) in [4.78, 5) is 14.7. The monoisotopic (exact) mass is 274 g/mol. The van der Waals surface area contributed by atoms with Crippen LogP contribution in [0.2, 0.25) is 0 Å². The van der Waals surface area contributed by atoms with Gasteiger partial charge < -0.3 is 31.5 Å². The van der Waals surface area contributed by atoms with Crippen molar-refractivity contribution in [3.05, 3.63) is 12.0 Å². The van der Waals surface area contributed by atoms with Crippen LogP contribution < -0.4 is 11.5 Å². The molecule has 0 aliphatic rings. The number of amides is 1. The normalized spacial score (nSPS) is 16.0. The Bertz CT molecular complexity index is 436. The summed E-state index contributed by atoms with van der Waals surface area (Å²) in [6.45, 7) is 0.544. The van der Waals surface area contributed by atoms with E-state index in [1.807, 2.05) is 0 Å². The van der Waals surface area contributed by atoms with Gasteiger partial charge in [0.25, 0.3) is 5.91 Å². The zero-order valence-corrected chi connectivity index (χ0v) is 10.4. The Hall–Kier alpha value is -1.68. The third kappa shape index (κ3) is 3.41. The van der Waals surface area contributed by atoms with Crippen LogP contribution in [-0.4, -0.2) is 56.2 Å². The number of nitrogens with zero attached hydrogens (tertiary/aromatic N) is 2. The first-order valence-electron chi connectivity index (χ1n) is 5.59. The molecule has 0 aromatic carbocycles. The summed E-state index contributed by atoms with van der Waals surface area (Å²) in [6, 6.07) is 0. The first-order valence-corrected chi connectivity index (χ1v) is 5.59. The van der Waals surface area contributed by atoms with Crippen LogP contribution in [0.1, 0.15) is 23.6 Å². The lowest BCUT2D eigenvalue weighted by Gasteiger charge is -2.25. The lowest BCUT2D eigenvalue weighted by molar-refractivity contribution is -0.126. The minimum Gasteiger partial charge on any atom is -0.394 e. The fourth-order valence-electron chi connectivity index (χ4n) is 1.54. The van der Waals surface area contributed by atoms with Gasteiger partial charge in [-0.2, -0.15) is 0 Å². The fourth-order valence-corrected chi connectivity index (χ4v) is 1.54. The van der Waals surface area contributed by atoms with Crippen molar-refractivity contribution in [2.75, 3.05) is 18.9 Å². The van der Waals surface area contributed by atoms with E-state index in [2.05, 4.69) is 4.98 Å². The number of anilines is 1. The van der Waals surface area contributed by atoms with E-state index in [1.54, 1.807) is 6.92 Å². The maximum absolute atomic E-state index is 11.0. The molecule has 0 aliphatic carbocycles. The molecule has 0 saturated heterocycles. The standard InChI is InChI=1S/C10H18N4O5/c1-5(19-7(3-16)6(17)2-15)14-4-13-8(9(14)11)10(12)18/h4-7,15-17H,2-3,11H2,1H3,(H2,12,18)/t5?,6-,7-/m1/s1. The second-order valence-electron chi connectivity index (χ2n) is 3.96. The van der Waals surface area contributed by atoms with Gasteiger partial charge in [-0.15, -0.1) is 0 Å². The van der Waals surface area contributed by atoms with Gasteiger partial charge in [0, 0.05) is 0 Å². The van der Waals surface area contributed by atoms with Crippen molar-refractivity contribution in [2.45, 2.75) is 25.4 Å². The van der Waals surface area contributed by atoms with Crippen LogP contribution in [0.25, 0.3) is 0 Å². The van der Waals surface area contributed by atoms with Crippen molar-refractivity contribution in [3.63, 3.8) is 0 Å². The highest BCUT2D eigenvalue weighted by molar-refractivity contribution is 5.95. The van der Waals surface area contributed by atoms with Crippen molar-refractivity contribution in [3.8, 4) is 0 Å². The topological polar surface area (TPSA) is 157 Å². The summed E-state index contributed by atoms with van der Waals surface area (Å²) in [6.07, 6.45) is -1.66. The third-order valence-electron chi connectivity index (χ3n) is 2.63. The zero-order valence-electron chi connectivity index (χ0n) is 10.4. The minimum absolute atomic E-state index is 0.0233. The molecule has 1 heterocycles. The number of hydrogen-bond acceptors (Lipinski definition) is 7. The van der Waals surface area contributed by atoms with E-state index >= 15 is 0 Å². The van der Waals surface area contributed by atoms with Gasteiger partial charge in [0.1, 0.15) is 24.3 Å². The predicted octanol–water partition coefficient (Wildman–Crippen LogP) is -2.19. The highest BCUT2D eigenvalue weighted by atomic mass is 16.5. The number of aromatic nitrogens is 2. The van der Waals surface area contributed by atoms with E-state index in [4.69, 9.17) is 26.4 Å². The highest BCUT2D eigenvalue weighted by Gasteiger charge is 2.23. The number of carbonyl (C=O) groups excluding carboxylic acids is 1. The first kappa shape index (κ1) is 15.4. The van der Waals surface area contributed by atoms with E-state index in [9.17, 15) is 9.90 Å². The summed E-state index contributed by atoms with van der Waals surface area (Å²) in [5.74, 6) is -0.743. The summed E-state index contributed by atoms with van der Waals surface area (Å²) in [7, 11) is 0. The van der Waals surface area contributed by atoms with Gasteiger partial charge in [-0.25, -0.2) is 4.98 Å². The van der Waals surface area contributed by atoms with Crippen molar-refractivity contribution in [1.29, 1.82) is 0 Å². The maximum Gasteiger partial charge on any atom is 0.271 e. The molecule has 3 atom stereocenters. The average molecular weight is 274 g/mol. The Kier molecular flexibility index (Phi) is 5.24. The Morgan fingerprint density at radius 2 is 2.16 bits per heavy atom. The molecule has 1 amide bonds. The Morgan fingerprint density at radius 1 is 1.53 bits per heavy atom. The number of aliphatic hydroxyl groups is 3. The van der Waals surface area contributed by atoms with Gasteiger partial charge in [-0.3, -0.25) is 9.36 Å². The molecule has 19 heavy (non-hydrogen) atoms. The SMILES string of the molecule is CC(O[C@H](CO)[C@H](O)CO)n1cnc(C(N)=O)c1N. The summed E-state index contributed by atoms with van der Waals surface area (Å²) in [5, 5.41) is 27.3. The second kappa shape index (κ2) is 6.48. The van der Waals surface area contributed by atoms with Gasteiger partial charge in [0.2, 0.25) is 0 Å². The van der Waals surface area contributed by atoms with Crippen molar-refractivity contribution in [2.24, 2.45) is 5.73 Å². The van der Waals surface area contributed by atoms with E-state index < -0.39 is 37.6 Å². The Morgan fingerprint density at radius 3 is 2.58 bits per heavy atom. The fraction of sp³-hybridized carbons (Fsp3) is 0.600.